The number of alkyl halides is 3. The lowest BCUT2D eigenvalue weighted by Gasteiger charge is -2.28. The maximum atomic E-state index is 13.6. The second kappa shape index (κ2) is 9.38. The summed E-state index contributed by atoms with van der Waals surface area (Å²) in [4.78, 5) is 38.8. The molecule has 13 nitrogen and oxygen atoms in total. The number of aryl methyl sites for hydroxylation is 2. The van der Waals surface area contributed by atoms with Crippen LogP contribution in [0.1, 0.15) is 29.9 Å². The molecule has 0 aromatic carbocycles. The molecule has 16 heteroatoms. The summed E-state index contributed by atoms with van der Waals surface area (Å²) in [5, 5.41) is 15.8. The van der Waals surface area contributed by atoms with E-state index in [0.29, 0.717) is 24.3 Å². The van der Waals surface area contributed by atoms with Crippen molar-refractivity contribution in [2.45, 2.75) is 38.1 Å². The van der Waals surface area contributed by atoms with Gasteiger partial charge in [-0.25, -0.2) is 14.8 Å². The molecule has 2 N–H and O–H groups in total. The maximum Gasteiger partial charge on any atom is 0.417 e. The number of hydroxylamine groups is 1. The first-order valence-corrected chi connectivity index (χ1v) is 12.3. The van der Waals surface area contributed by atoms with E-state index >= 15 is 0 Å². The highest BCUT2D eigenvalue weighted by Gasteiger charge is 2.52. The lowest BCUT2D eigenvalue weighted by Crippen LogP contribution is -2.44. The molecule has 0 spiro atoms. The first kappa shape index (κ1) is 26.4. The number of hydrazine groups is 1. The molecule has 41 heavy (non-hydrogen) atoms. The van der Waals surface area contributed by atoms with Crippen LogP contribution in [0.2, 0.25) is 0 Å². The van der Waals surface area contributed by atoms with Gasteiger partial charge < -0.3 is 9.09 Å². The molecule has 1 fully saturated rings. The van der Waals surface area contributed by atoms with Crippen LogP contribution in [-0.4, -0.2) is 44.2 Å². The average Bonchev–Trinajstić information content (AvgIpc) is 3.45. The Balaban J connectivity index is 1.33. The Kier molecular flexibility index (Phi) is 6.04. The van der Waals surface area contributed by atoms with Gasteiger partial charge in [0.15, 0.2) is 11.2 Å². The number of nitrogens with zero attached hydrogens (tertiary/aromatic N) is 8. The molecule has 6 rings (SSSR count). The number of halogens is 3. The quantitative estimate of drug-likeness (QED) is 0.280. The minimum Gasteiger partial charge on any atom is -0.361 e. The fourth-order valence-electron chi connectivity index (χ4n) is 4.65. The molecular weight excluding hydrogens is 547 g/mol. The Morgan fingerprint density at radius 1 is 1.20 bits per heavy atom. The van der Waals surface area contributed by atoms with E-state index in [4.69, 9.17) is 4.52 Å². The second-order valence-corrected chi connectivity index (χ2v) is 9.72. The van der Waals surface area contributed by atoms with E-state index in [1.54, 1.807) is 19.1 Å². The highest BCUT2D eigenvalue weighted by atomic mass is 19.4. The van der Waals surface area contributed by atoms with Gasteiger partial charge in [-0.15, -0.1) is 0 Å². The van der Waals surface area contributed by atoms with Crippen molar-refractivity contribution in [3.05, 3.63) is 86.9 Å². The Morgan fingerprint density at radius 3 is 2.66 bits per heavy atom. The van der Waals surface area contributed by atoms with Crippen LogP contribution in [0, 0.1) is 6.92 Å². The highest BCUT2D eigenvalue weighted by Crippen LogP contribution is 2.46. The summed E-state index contributed by atoms with van der Waals surface area (Å²) < 4.78 is 48.3. The molecule has 5 aromatic heterocycles. The van der Waals surface area contributed by atoms with Crippen molar-refractivity contribution in [1.82, 2.24) is 39.0 Å². The normalized spacial score (nSPS) is 14.6. The molecule has 0 radical (unpaired) electrons. The summed E-state index contributed by atoms with van der Waals surface area (Å²) in [5.41, 5.74) is 0.392. The minimum atomic E-state index is -4.57. The molecule has 1 saturated carbocycles. The first-order valence-electron chi connectivity index (χ1n) is 12.3. The molecule has 0 unspecified atom stereocenters. The number of nitrogens with one attached hydrogen (secondary N) is 1. The van der Waals surface area contributed by atoms with Crippen molar-refractivity contribution in [3.63, 3.8) is 0 Å². The van der Waals surface area contributed by atoms with E-state index in [1.807, 2.05) is 0 Å². The van der Waals surface area contributed by atoms with E-state index in [2.05, 4.69) is 25.5 Å². The van der Waals surface area contributed by atoms with Crippen molar-refractivity contribution in [2.75, 3.05) is 5.43 Å². The van der Waals surface area contributed by atoms with Gasteiger partial charge in [-0.2, -0.15) is 13.2 Å². The molecular formula is C25H22F3N9O4. The predicted octanol–water partition coefficient (Wildman–Crippen LogP) is 2.88. The molecule has 0 atom stereocenters. The van der Waals surface area contributed by atoms with Gasteiger partial charge in [0, 0.05) is 31.1 Å². The maximum absolute atomic E-state index is 13.6. The van der Waals surface area contributed by atoms with Gasteiger partial charge in [0.25, 0.3) is 5.56 Å². The zero-order valence-corrected chi connectivity index (χ0v) is 21.6. The fourth-order valence-corrected chi connectivity index (χ4v) is 4.65. The van der Waals surface area contributed by atoms with Crippen LogP contribution in [0.4, 0.5) is 19.0 Å². The lowest BCUT2D eigenvalue weighted by atomic mass is 10.1. The van der Waals surface area contributed by atoms with Crippen LogP contribution < -0.4 is 16.7 Å². The van der Waals surface area contributed by atoms with Gasteiger partial charge in [0.05, 0.1) is 24.1 Å². The van der Waals surface area contributed by atoms with Crippen molar-refractivity contribution in [3.8, 4) is 11.3 Å². The zero-order chi connectivity index (χ0) is 29.1. The van der Waals surface area contributed by atoms with Crippen molar-refractivity contribution in [2.24, 2.45) is 7.05 Å². The van der Waals surface area contributed by atoms with Gasteiger partial charge in [0.1, 0.15) is 22.9 Å². The zero-order valence-electron chi connectivity index (χ0n) is 21.6. The molecule has 0 bridgehead atoms. The van der Waals surface area contributed by atoms with E-state index in [-0.39, 0.29) is 34.8 Å². The summed E-state index contributed by atoms with van der Waals surface area (Å²) in [6.07, 6.45) is -0.402. The Bertz CT molecular complexity index is 1900. The van der Waals surface area contributed by atoms with E-state index in [1.165, 1.54) is 40.8 Å². The Morgan fingerprint density at radius 2 is 1.98 bits per heavy atom. The number of pyridine rings is 2. The van der Waals surface area contributed by atoms with Crippen LogP contribution in [0.5, 0.6) is 0 Å². The predicted molar refractivity (Wildman–Crippen MR) is 137 cm³/mol. The molecule has 5 heterocycles. The summed E-state index contributed by atoms with van der Waals surface area (Å²) in [6.45, 7) is 1.57. The third kappa shape index (κ3) is 4.55. The fraction of sp³-hybridized carbons (Fsp3) is 0.280. The third-order valence-corrected chi connectivity index (χ3v) is 6.90. The number of rotatable bonds is 7. The monoisotopic (exact) mass is 569 g/mol. The molecule has 5 aromatic rings. The number of aromatic nitrogens is 7. The van der Waals surface area contributed by atoms with Crippen molar-refractivity contribution < 1.29 is 22.9 Å². The van der Waals surface area contributed by atoms with Crippen LogP contribution in [-0.2, 0) is 25.4 Å². The van der Waals surface area contributed by atoms with Gasteiger partial charge in [-0.1, -0.05) is 16.4 Å². The van der Waals surface area contributed by atoms with Gasteiger partial charge >= 0.3 is 11.9 Å². The van der Waals surface area contributed by atoms with E-state index < -0.39 is 28.7 Å². The molecule has 1 aliphatic rings. The third-order valence-electron chi connectivity index (χ3n) is 6.90. The van der Waals surface area contributed by atoms with Gasteiger partial charge in [-0.3, -0.25) is 29.5 Å². The molecule has 0 saturated heterocycles. The first-order chi connectivity index (χ1) is 19.5. The Hall–Kier alpha value is -4.83. The van der Waals surface area contributed by atoms with Gasteiger partial charge in [0.2, 0.25) is 0 Å². The Labute approximate surface area is 228 Å². The van der Waals surface area contributed by atoms with Crippen LogP contribution >= 0.6 is 0 Å². The lowest BCUT2D eigenvalue weighted by molar-refractivity contribution is -0.143. The number of fused-ring (bicyclic) bond motifs is 1. The van der Waals surface area contributed by atoms with Crippen molar-refractivity contribution in [1.29, 1.82) is 0 Å². The smallest absolute Gasteiger partial charge is 0.361 e. The topological polar surface area (TPSA) is 149 Å². The van der Waals surface area contributed by atoms with E-state index in [9.17, 15) is 28.0 Å². The number of imidazole rings is 1. The highest BCUT2D eigenvalue weighted by molar-refractivity contribution is 5.71. The number of hydrogen-bond acceptors (Lipinski definition) is 10. The number of anilines is 1. The molecule has 1 aliphatic carbocycles. The van der Waals surface area contributed by atoms with Gasteiger partial charge in [-0.05, 0) is 38.0 Å². The standard InChI is InChI=1S/C25H22F3N9O4/c1-14-8-17(33-41-14)12-35-22(38)20-21(34(2)23(35)39)30-13-36(20)24(6-7-24)37(40)32-19-5-3-4-18(31-19)15-9-16(11-29-10-15)25(26,27)28/h3-5,8-11,13,40H,6-7,12H2,1-2H3,(H,31,32). The minimum absolute atomic E-state index is 0.0856. The molecule has 212 valence electrons. The summed E-state index contributed by atoms with van der Waals surface area (Å²) >= 11 is 0. The number of hydrogen-bond donors (Lipinski definition) is 2. The van der Waals surface area contributed by atoms with Crippen LogP contribution in [0.25, 0.3) is 22.4 Å². The average molecular weight is 570 g/mol. The van der Waals surface area contributed by atoms with Crippen molar-refractivity contribution >= 4 is 17.0 Å². The SMILES string of the molecule is Cc1cc(Cn2c(=O)c3c(ncn3C3(N(O)Nc4cccc(-c5cncc(C(F)(F)F)c5)n4)CC3)n(C)c2=O)no1. The summed E-state index contributed by atoms with van der Waals surface area (Å²) in [6, 6.07) is 7.15. The summed E-state index contributed by atoms with van der Waals surface area (Å²) in [5.74, 6) is 0.654. The largest absolute Gasteiger partial charge is 0.417 e. The van der Waals surface area contributed by atoms with Crippen LogP contribution in [0.15, 0.2) is 63.2 Å². The second-order valence-electron chi connectivity index (χ2n) is 9.72. The van der Waals surface area contributed by atoms with E-state index in [0.717, 1.165) is 22.0 Å². The van der Waals surface area contributed by atoms with Crippen LogP contribution in [0.3, 0.4) is 0 Å². The molecule has 0 amide bonds. The molecule has 0 aliphatic heterocycles. The summed E-state index contributed by atoms with van der Waals surface area (Å²) in [7, 11) is 1.48.